The number of halogens is 3. The van der Waals surface area contributed by atoms with E-state index in [1.807, 2.05) is 20.8 Å². The summed E-state index contributed by atoms with van der Waals surface area (Å²) in [6, 6.07) is 0.831. The second-order valence-corrected chi connectivity index (χ2v) is 4.87. The lowest BCUT2D eigenvalue weighted by Crippen LogP contribution is -2.14. The van der Waals surface area contributed by atoms with Crippen LogP contribution in [0.4, 0.5) is 19.1 Å². The Morgan fingerprint density at radius 2 is 2.00 bits per heavy atom. The van der Waals surface area contributed by atoms with Gasteiger partial charge in [-0.15, -0.1) is 0 Å². The molecule has 0 aliphatic heterocycles. The normalized spacial score (nSPS) is 11.8. The monoisotopic (exact) mass is 291 g/mol. The molecule has 0 atom stereocenters. The number of rotatable bonds is 7. The van der Waals surface area contributed by atoms with E-state index in [0.29, 0.717) is 19.1 Å². The quantitative estimate of drug-likeness (QED) is 0.831. The predicted octanol–water partition coefficient (Wildman–Crippen LogP) is 3.74. The number of hydrogen-bond acceptors (Lipinski definition) is 4. The van der Waals surface area contributed by atoms with Gasteiger partial charge in [-0.25, -0.2) is 4.98 Å². The Morgan fingerprint density at radius 1 is 1.30 bits per heavy atom. The molecule has 0 aliphatic rings. The number of ether oxygens (including phenoxy) is 1. The first-order chi connectivity index (χ1) is 9.32. The van der Waals surface area contributed by atoms with Crippen molar-refractivity contribution in [3.8, 4) is 5.88 Å². The van der Waals surface area contributed by atoms with Crippen LogP contribution in [0.2, 0.25) is 0 Å². The van der Waals surface area contributed by atoms with Crippen molar-refractivity contribution in [2.24, 2.45) is 5.92 Å². The maximum absolute atomic E-state index is 12.7. The van der Waals surface area contributed by atoms with Gasteiger partial charge in [0, 0.05) is 12.6 Å². The van der Waals surface area contributed by atoms with Gasteiger partial charge in [0.15, 0.2) is 5.69 Å². The van der Waals surface area contributed by atoms with Crippen LogP contribution in [-0.2, 0) is 6.18 Å². The van der Waals surface area contributed by atoms with Gasteiger partial charge >= 0.3 is 6.18 Å². The molecule has 4 nitrogen and oxygen atoms in total. The van der Waals surface area contributed by atoms with E-state index in [2.05, 4.69) is 15.3 Å². The summed E-state index contributed by atoms with van der Waals surface area (Å²) in [4.78, 5) is 7.39. The summed E-state index contributed by atoms with van der Waals surface area (Å²) in [6.45, 7) is 6.77. The van der Waals surface area contributed by atoms with Crippen molar-refractivity contribution in [2.75, 3.05) is 18.5 Å². The van der Waals surface area contributed by atoms with Crippen molar-refractivity contribution in [3.05, 3.63) is 11.8 Å². The Bertz CT molecular complexity index is 422. The number of anilines is 1. The summed E-state index contributed by atoms with van der Waals surface area (Å²) < 4.78 is 43.5. The number of nitrogens with one attached hydrogen (secondary N) is 1. The lowest BCUT2D eigenvalue weighted by atomic mass is 10.1. The summed E-state index contributed by atoms with van der Waals surface area (Å²) in [5.74, 6) is 0.310. The van der Waals surface area contributed by atoms with E-state index in [0.717, 1.165) is 18.9 Å². The van der Waals surface area contributed by atoms with Crippen molar-refractivity contribution in [1.29, 1.82) is 0 Å². The van der Waals surface area contributed by atoms with E-state index in [4.69, 9.17) is 4.74 Å². The summed E-state index contributed by atoms with van der Waals surface area (Å²) in [7, 11) is 0. The van der Waals surface area contributed by atoms with Gasteiger partial charge in [0.05, 0.1) is 6.61 Å². The Morgan fingerprint density at radius 3 is 2.55 bits per heavy atom. The highest BCUT2D eigenvalue weighted by atomic mass is 19.4. The van der Waals surface area contributed by atoms with Gasteiger partial charge < -0.3 is 10.1 Å². The van der Waals surface area contributed by atoms with Crippen LogP contribution in [0.1, 0.15) is 39.3 Å². The van der Waals surface area contributed by atoms with Crippen LogP contribution in [0.3, 0.4) is 0 Å². The average Bonchev–Trinajstić information content (AvgIpc) is 2.34. The Hall–Kier alpha value is -1.53. The van der Waals surface area contributed by atoms with Crippen LogP contribution in [0.5, 0.6) is 5.88 Å². The summed E-state index contributed by atoms with van der Waals surface area (Å²) in [6.07, 6.45) is -2.99. The molecule has 0 aliphatic carbocycles. The van der Waals surface area contributed by atoms with E-state index in [1.165, 1.54) is 0 Å². The van der Waals surface area contributed by atoms with Crippen LogP contribution < -0.4 is 10.1 Å². The molecule has 0 saturated carbocycles. The van der Waals surface area contributed by atoms with Crippen LogP contribution in [0.15, 0.2) is 6.07 Å². The SMILES string of the molecule is CCCNc1nc(OCCC(C)C)cc(C(F)(F)F)n1. The number of nitrogens with zero attached hydrogens (tertiary/aromatic N) is 2. The minimum Gasteiger partial charge on any atom is -0.478 e. The van der Waals surface area contributed by atoms with Gasteiger partial charge in [0.25, 0.3) is 0 Å². The molecule has 0 bridgehead atoms. The Balaban J connectivity index is 2.86. The predicted molar refractivity (Wildman–Crippen MR) is 70.8 cm³/mol. The van der Waals surface area contributed by atoms with Crippen LogP contribution in [0.25, 0.3) is 0 Å². The van der Waals surface area contributed by atoms with Crippen LogP contribution in [0, 0.1) is 5.92 Å². The largest absolute Gasteiger partial charge is 0.478 e. The zero-order valence-corrected chi connectivity index (χ0v) is 11.9. The standard InChI is InChI=1S/C13H20F3N3O/c1-4-6-17-12-18-10(13(14,15)16)8-11(19-12)20-7-5-9(2)3/h8-9H,4-7H2,1-3H3,(H,17,18,19). The molecule has 0 spiro atoms. The molecular weight excluding hydrogens is 271 g/mol. The van der Waals surface area contributed by atoms with Crippen molar-refractivity contribution in [3.63, 3.8) is 0 Å². The molecule has 0 radical (unpaired) electrons. The molecule has 20 heavy (non-hydrogen) atoms. The molecule has 114 valence electrons. The van der Waals surface area contributed by atoms with Gasteiger partial charge in [0.2, 0.25) is 11.8 Å². The maximum Gasteiger partial charge on any atom is 0.433 e. The van der Waals surface area contributed by atoms with E-state index in [9.17, 15) is 13.2 Å². The Kier molecular flexibility index (Phi) is 6.04. The van der Waals surface area contributed by atoms with Gasteiger partial charge in [0.1, 0.15) is 0 Å². The second-order valence-electron chi connectivity index (χ2n) is 4.87. The number of hydrogen-bond donors (Lipinski definition) is 1. The maximum atomic E-state index is 12.7. The lowest BCUT2D eigenvalue weighted by molar-refractivity contribution is -0.141. The topological polar surface area (TPSA) is 47.0 Å². The Labute approximate surface area is 116 Å². The summed E-state index contributed by atoms with van der Waals surface area (Å²) in [5.41, 5.74) is -0.995. The third kappa shape index (κ3) is 5.63. The van der Waals surface area contributed by atoms with Crippen LogP contribution >= 0.6 is 0 Å². The van der Waals surface area contributed by atoms with E-state index < -0.39 is 11.9 Å². The fraction of sp³-hybridized carbons (Fsp3) is 0.692. The third-order valence-electron chi connectivity index (χ3n) is 2.47. The molecular formula is C13H20F3N3O. The highest BCUT2D eigenvalue weighted by Crippen LogP contribution is 2.30. The molecule has 1 N–H and O–H groups in total. The van der Waals surface area contributed by atoms with E-state index in [1.54, 1.807) is 0 Å². The van der Waals surface area contributed by atoms with Gasteiger partial charge in [-0.1, -0.05) is 20.8 Å². The lowest BCUT2D eigenvalue weighted by Gasteiger charge is -2.12. The van der Waals surface area contributed by atoms with Gasteiger partial charge in [-0.05, 0) is 18.8 Å². The van der Waals surface area contributed by atoms with Gasteiger partial charge in [-0.2, -0.15) is 18.2 Å². The molecule has 0 unspecified atom stereocenters. The molecule has 0 aromatic carbocycles. The molecule has 7 heteroatoms. The van der Waals surface area contributed by atoms with Crippen molar-refractivity contribution >= 4 is 5.95 Å². The number of alkyl halides is 3. The van der Waals surface area contributed by atoms with E-state index >= 15 is 0 Å². The smallest absolute Gasteiger partial charge is 0.433 e. The molecule has 0 amide bonds. The summed E-state index contributed by atoms with van der Waals surface area (Å²) in [5, 5.41) is 2.74. The molecule has 1 aromatic rings. The minimum absolute atomic E-state index is 0.0495. The fourth-order valence-corrected chi connectivity index (χ4v) is 1.36. The fourth-order valence-electron chi connectivity index (χ4n) is 1.36. The zero-order valence-electron chi connectivity index (χ0n) is 11.9. The molecule has 1 rings (SSSR count). The zero-order chi connectivity index (χ0) is 15.2. The molecule has 1 aromatic heterocycles. The third-order valence-corrected chi connectivity index (χ3v) is 2.47. The van der Waals surface area contributed by atoms with Crippen molar-refractivity contribution < 1.29 is 17.9 Å². The molecule has 0 saturated heterocycles. The summed E-state index contributed by atoms with van der Waals surface area (Å²) >= 11 is 0. The highest BCUT2D eigenvalue weighted by Gasteiger charge is 2.34. The first-order valence-corrected chi connectivity index (χ1v) is 6.66. The molecule has 1 heterocycles. The van der Waals surface area contributed by atoms with E-state index in [-0.39, 0.29) is 11.8 Å². The first kappa shape index (κ1) is 16.5. The first-order valence-electron chi connectivity index (χ1n) is 6.66. The van der Waals surface area contributed by atoms with Crippen molar-refractivity contribution in [2.45, 2.75) is 39.8 Å². The average molecular weight is 291 g/mol. The minimum atomic E-state index is -4.51. The van der Waals surface area contributed by atoms with Gasteiger partial charge in [-0.3, -0.25) is 0 Å². The van der Waals surface area contributed by atoms with Crippen LogP contribution in [-0.4, -0.2) is 23.1 Å². The number of aromatic nitrogens is 2. The molecule has 0 fully saturated rings. The highest BCUT2D eigenvalue weighted by molar-refractivity contribution is 5.31. The van der Waals surface area contributed by atoms with Crippen molar-refractivity contribution in [1.82, 2.24) is 9.97 Å². The second kappa shape index (κ2) is 7.31.